The van der Waals surface area contributed by atoms with E-state index in [0.29, 0.717) is 12.5 Å². The molecule has 1 heterocycles. The Morgan fingerprint density at radius 2 is 2.19 bits per heavy atom. The molecule has 0 spiro atoms. The number of para-hydroxylation sites is 1. The van der Waals surface area contributed by atoms with Crippen LogP contribution >= 0.6 is 0 Å². The highest BCUT2D eigenvalue weighted by Crippen LogP contribution is 2.33. The molecule has 0 saturated heterocycles. The van der Waals surface area contributed by atoms with Gasteiger partial charge in [0.1, 0.15) is 0 Å². The highest BCUT2D eigenvalue weighted by atomic mass is 16.1. The van der Waals surface area contributed by atoms with Gasteiger partial charge in [-0.2, -0.15) is 0 Å². The van der Waals surface area contributed by atoms with Crippen LogP contribution in [0.15, 0.2) is 24.3 Å². The summed E-state index contributed by atoms with van der Waals surface area (Å²) in [4.78, 5) is 13.7. The predicted octanol–water partition coefficient (Wildman–Crippen LogP) is 2.46. The number of amides is 1. The highest BCUT2D eigenvalue weighted by molar-refractivity contribution is 5.75. The van der Waals surface area contributed by atoms with Gasteiger partial charge in [-0.3, -0.25) is 4.79 Å². The van der Waals surface area contributed by atoms with Crippen molar-refractivity contribution >= 4 is 11.6 Å². The molecular formula is C17H27N3O. The van der Waals surface area contributed by atoms with Gasteiger partial charge in [-0.05, 0) is 37.4 Å². The lowest BCUT2D eigenvalue weighted by atomic mass is 9.96. The van der Waals surface area contributed by atoms with Crippen molar-refractivity contribution < 1.29 is 4.79 Å². The first kappa shape index (κ1) is 15.8. The molecule has 1 aliphatic heterocycles. The third kappa shape index (κ3) is 4.21. The molecule has 2 N–H and O–H groups in total. The quantitative estimate of drug-likeness (QED) is 0.810. The first-order valence-corrected chi connectivity index (χ1v) is 8.04. The van der Waals surface area contributed by atoms with Gasteiger partial charge in [-0.15, -0.1) is 0 Å². The molecule has 116 valence electrons. The number of fused-ring (bicyclic) bond motifs is 1. The summed E-state index contributed by atoms with van der Waals surface area (Å²) in [7, 11) is 1.70. The van der Waals surface area contributed by atoms with Crippen LogP contribution in [0.5, 0.6) is 0 Å². The van der Waals surface area contributed by atoms with Crippen LogP contribution in [0.3, 0.4) is 0 Å². The summed E-state index contributed by atoms with van der Waals surface area (Å²) in [6.07, 6.45) is 3.80. The Bertz CT molecular complexity index is 461. The number of rotatable bonds is 7. The molecule has 4 nitrogen and oxygen atoms in total. The molecule has 0 fully saturated rings. The Labute approximate surface area is 127 Å². The Kier molecular flexibility index (Phi) is 6.05. The van der Waals surface area contributed by atoms with E-state index in [4.69, 9.17) is 0 Å². The van der Waals surface area contributed by atoms with E-state index in [0.717, 1.165) is 38.9 Å². The fourth-order valence-electron chi connectivity index (χ4n) is 2.95. The average Bonchev–Trinajstić information content (AvgIpc) is 2.53. The molecule has 1 unspecified atom stereocenters. The minimum absolute atomic E-state index is 0.128. The van der Waals surface area contributed by atoms with E-state index in [-0.39, 0.29) is 5.91 Å². The summed E-state index contributed by atoms with van der Waals surface area (Å²) in [6.45, 7) is 5.28. The lowest BCUT2D eigenvalue weighted by molar-refractivity contribution is -0.120. The molecule has 1 aromatic rings. The van der Waals surface area contributed by atoms with Crippen molar-refractivity contribution in [3.63, 3.8) is 0 Å². The predicted molar refractivity (Wildman–Crippen MR) is 87.6 cm³/mol. The third-order valence-electron chi connectivity index (χ3n) is 4.09. The fourth-order valence-corrected chi connectivity index (χ4v) is 2.95. The van der Waals surface area contributed by atoms with E-state index in [9.17, 15) is 4.79 Å². The maximum atomic E-state index is 11.3. The Morgan fingerprint density at radius 1 is 1.38 bits per heavy atom. The second-order valence-corrected chi connectivity index (χ2v) is 5.62. The number of nitrogens with one attached hydrogen (secondary N) is 2. The van der Waals surface area contributed by atoms with Gasteiger partial charge in [0.05, 0.1) is 0 Å². The third-order valence-corrected chi connectivity index (χ3v) is 4.09. The highest BCUT2D eigenvalue weighted by Gasteiger charge is 2.23. The normalized spacial score (nSPS) is 17.4. The molecular weight excluding hydrogens is 262 g/mol. The van der Waals surface area contributed by atoms with Crippen LogP contribution in [-0.4, -0.2) is 32.6 Å². The molecule has 0 radical (unpaired) electrons. The van der Waals surface area contributed by atoms with Crippen LogP contribution in [0.4, 0.5) is 5.69 Å². The minimum atomic E-state index is 0.128. The molecule has 0 aliphatic carbocycles. The van der Waals surface area contributed by atoms with Crippen molar-refractivity contribution in [1.82, 2.24) is 10.6 Å². The minimum Gasteiger partial charge on any atom is -0.371 e. The summed E-state index contributed by atoms with van der Waals surface area (Å²) >= 11 is 0. The van der Waals surface area contributed by atoms with E-state index < -0.39 is 0 Å². The standard InChI is InChI=1S/C17H27N3O/c1-3-11-19-15-10-13-20(12-6-9-17(21)18-2)16-8-5-4-7-14(15)16/h4-5,7-8,15,19H,3,6,9-13H2,1-2H3,(H,18,21). The summed E-state index contributed by atoms with van der Waals surface area (Å²) < 4.78 is 0. The van der Waals surface area contributed by atoms with Gasteiger partial charge in [0.2, 0.25) is 5.91 Å². The topological polar surface area (TPSA) is 44.4 Å². The molecule has 0 saturated carbocycles. The van der Waals surface area contributed by atoms with Crippen molar-refractivity contribution in [2.75, 3.05) is 31.6 Å². The fraction of sp³-hybridized carbons (Fsp3) is 0.588. The van der Waals surface area contributed by atoms with Crippen molar-refractivity contribution in [3.05, 3.63) is 29.8 Å². The first-order chi connectivity index (χ1) is 10.3. The van der Waals surface area contributed by atoms with Gasteiger partial charge in [0, 0.05) is 38.3 Å². The molecule has 1 amide bonds. The zero-order valence-corrected chi connectivity index (χ0v) is 13.2. The van der Waals surface area contributed by atoms with Gasteiger partial charge >= 0.3 is 0 Å². The molecule has 2 rings (SSSR count). The van der Waals surface area contributed by atoms with Gasteiger partial charge in [0.15, 0.2) is 0 Å². The number of carbonyl (C=O) groups is 1. The van der Waals surface area contributed by atoms with Gasteiger partial charge in [0.25, 0.3) is 0 Å². The van der Waals surface area contributed by atoms with Gasteiger partial charge in [-0.25, -0.2) is 0 Å². The second-order valence-electron chi connectivity index (χ2n) is 5.62. The molecule has 4 heteroatoms. The van der Waals surface area contributed by atoms with E-state index in [2.05, 4.69) is 46.7 Å². The smallest absolute Gasteiger partial charge is 0.219 e. The Hall–Kier alpha value is -1.55. The maximum absolute atomic E-state index is 11.3. The molecule has 1 aromatic carbocycles. The van der Waals surface area contributed by atoms with Crippen LogP contribution in [0.2, 0.25) is 0 Å². The molecule has 0 bridgehead atoms. The Morgan fingerprint density at radius 3 is 2.95 bits per heavy atom. The summed E-state index contributed by atoms with van der Waals surface area (Å²) in [6, 6.07) is 9.12. The van der Waals surface area contributed by atoms with Crippen LogP contribution in [-0.2, 0) is 4.79 Å². The SMILES string of the molecule is CCCNC1CCN(CCCC(=O)NC)c2ccccc21. The average molecular weight is 289 g/mol. The number of nitrogens with zero attached hydrogens (tertiary/aromatic N) is 1. The molecule has 1 atom stereocenters. The van der Waals surface area contributed by atoms with Crippen LogP contribution in [0.1, 0.15) is 44.2 Å². The molecule has 1 aliphatic rings. The lowest BCUT2D eigenvalue weighted by Crippen LogP contribution is -2.37. The first-order valence-electron chi connectivity index (χ1n) is 8.04. The van der Waals surface area contributed by atoms with Crippen molar-refractivity contribution in [2.24, 2.45) is 0 Å². The molecule has 21 heavy (non-hydrogen) atoms. The number of hydrogen-bond acceptors (Lipinski definition) is 3. The maximum Gasteiger partial charge on any atom is 0.219 e. The van der Waals surface area contributed by atoms with Crippen molar-refractivity contribution in [3.8, 4) is 0 Å². The zero-order valence-electron chi connectivity index (χ0n) is 13.2. The number of hydrogen-bond donors (Lipinski definition) is 2. The zero-order chi connectivity index (χ0) is 15.1. The largest absolute Gasteiger partial charge is 0.371 e. The number of carbonyl (C=O) groups excluding carboxylic acids is 1. The van der Waals surface area contributed by atoms with E-state index in [1.807, 2.05) is 0 Å². The molecule has 0 aromatic heterocycles. The number of benzene rings is 1. The summed E-state index contributed by atoms with van der Waals surface area (Å²) in [5, 5.41) is 6.33. The van der Waals surface area contributed by atoms with Crippen LogP contribution in [0, 0.1) is 0 Å². The van der Waals surface area contributed by atoms with Crippen molar-refractivity contribution in [2.45, 2.75) is 38.6 Å². The Balaban J connectivity index is 1.99. The van der Waals surface area contributed by atoms with E-state index in [1.54, 1.807) is 7.05 Å². The monoisotopic (exact) mass is 289 g/mol. The van der Waals surface area contributed by atoms with Gasteiger partial charge < -0.3 is 15.5 Å². The number of anilines is 1. The van der Waals surface area contributed by atoms with Crippen molar-refractivity contribution in [1.29, 1.82) is 0 Å². The van der Waals surface area contributed by atoms with Crippen LogP contribution in [0.25, 0.3) is 0 Å². The second kappa shape index (κ2) is 8.03. The van der Waals surface area contributed by atoms with Gasteiger partial charge in [-0.1, -0.05) is 25.1 Å². The van der Waals surface area contributed by atoms with E-state index >= 15 is 0 Å². The lowest BCUT2D eigenvalue weighted by Gasteiger charge is -2.36. The van der Waals surface area contributed by atoms with Crippen LogP contribution < -0.4 is 15.5 Å². The summed E-state index contributed by atoms with van der Waals surface area (Å²) in [5.41, 5.74) is 2.73. The van der Waals surface area contributed by atoms with E-state index in [1.165, 1.54) is 11.3 Å². The summed E-state index contributed by atoms with van der Waals surface area (Å²) in [5.74, 6) is 0.128.